The molecule has 2 aromatic heterocycles. The predicted molar refractivity (Wildman–Crippen MR) is 107 cm³/mol. The van der Waals surface area contributed by atoms with Crippen LogP contribution in [0.5, 0.6) is 0 Å². The number of hydrogen-bond donors (Lipinski definition) is 1. The summed E-state index contributed by atoms with van der Waals surface area (Å²) in [5.74, 6) is -0.137. The lowest BCUT2D eigenvalue weighted by atomic mass is 10.1. The first-order valence-corrected chi connectivity index (χ1v) is 10.8. The fraction of sp³-hybridized carbons (Fsp3) is 0.167. The zero-order valence-electron chi connectivity index (χ0n) is 14.8. The number of benzene rings is 1. The third-order valence-electron chi connectivity index (χ3n) is 3.71. The summed E-state index contributed by atoms with van der Waals surface area (Å²) in [4.78, 5) is 22.6. The van der Waals surface area contributed by atoms with Crippen molar-refractivity contribution in [2.75, 3.05) is 22.9 Å². The summed E-state index contributed by atoms with van der Waals surface area (Å²) in [5.41, 5.74) is 2.87. The van der Waals surface area contributed by atoms with Crippen molar-refractivity contribution in [3.63, 3.8) is 0 Å². The van der Waals surface area contributed by atoms with Crippen molar-refractivity contribution in [2.24, 2.45) is 0 Å². The van der Waals surface area contributed by atoms with Gasteiger partial charge in [0.2, 0.25) is 15.9 Å². The molecule has 1 aromatic carbocycles. The van der Waals surface area contributed by atoms with E-state index in [4.69, 9.17) is 0 Å². The summed E-state index contributed by atoms with van der Waals surface area (Å²) in [6, 6.07) is 10.5. The first-order valence-electron chi connectivity index (χ1n) is 8.01. The Morgan fingerprint density at radius 2 is 1.96 bits per heavy atom. The van der Waals surface area contributed by atoms with E-state index >= 15 is 0 Å². The molecule has 0 atom stereocenters. The maximum atomic E-state index is 12.6. The lowest BCUT2D eigenvalue weighted by Crippen LogP contribution is -2.27. The fourth-order valence-corrected chi connectivity index (χ4v) is 3.80. The van der Waals surface area contributed by atoms with Crippen LogP contribution < -0.4 is 9.62 Å². The zero-order valence-corrected chi connectivity index (χ0v) is 16.4. The number of thiazole rings is 1. The lowest BCUT2D eigenvalue weighted by Gasteiger charge is -2.14. The van der Waals surface area contributed by atoms with E-state index in [1.165, 1.54) is 16.2 Å². The number of nitrogens with zero attached hydrogens (tertiary/aromatic N) is 3. The summed E-state index contributed by atoms with van der Waals surface area (Å²) in [7, 11) is -1.69. The number of rotatable bonds is 6. The molecule has 0 saturated heterocycles. The molecule has 9 heteroatoms. The minimum absolute atomic E-state index is 0.137. The number of amides is 1. The summed E-state index contributed by atoms with van der Waals surface area (Å²) < 4.78 is 25.1. The topological polar surface area (TPSA) is 92.3 Å². The molecule has 1 N–H and O–H groups in total. The minimum Gasteiger partial charge on any atom is -0.291 e. The second-order valence-corrected chi connectivity index (χ2v) is 8.54. The molecule has 0 aliphatic carbocycles. The number of likely N-dealkylation sites (N-methyl/N-ethyl adjacent to an activating group) is 1. The molecule has 27 heavy (non-hydrogen) atoms. The van der Waals surface area contributed by atoms with Crippen LogP contribution in [0.3, 0.4) is 0 Å². The fourth-order valence-electron chi connectivity index (χ4n) is 2.43. The van der Waals surface area contributed by atoms with Gasteiger partial charge in [-0.05, 0) is 29.8 Å². The molecule has 0 spiro atoms. The molecule has 0 unspecified atom stereocenters. The van der Waals surface area contributed by atoms with Crippen molar-refractivity contribution in [3.8, 4) is 11.3 Å². The van der Waals surface area contributed by atoms with Crippen molar-refractivity contribution < 1.29 is 13.2 Å². The van der Waals surface area contributed by atoms with Crippen LogP contribution in [-0.2, 0) is 21.2 Å². The van der Waals surface area contributed by atoms with Gasteiger partial charge in [0, 0.05) is 36.1 Å². The van der Waals surface area contributed by atoms with Crippen LogP contribution in [0.1, 0.15) is 5.56 Å². The highest BCUT2D eigenvalue weighted by Crippen LogP contribution is 2.27. The van der Waals surface area contributed by atoms with Gasteiger partial charge in [0.15, 0.2) is 5.13 Å². The van der Waals surface area contributed by atoms with Gasteiger partial charge in [0.05, 0.1) is 18.4 Å². The number of aromatic nitrogens is 2. The summed E-state index contributed by atoms with van der Waals surface area (Å²) >= 11 is 1.38. The van der Waals surface area contributed by atoms with E-state index in [0.29, 0.717) is 16.4 Å². The third-order valence-corrected chi connectivity index (χ3v) is 5.24. The Morgan fingerprint density at radius 1 is 1.22 bits per heavy atom. The first-order chi connectivity index (χ1) is 12.8. The minimum atomic E-state index is -3.36. The maximum absolute atomic E-state index is 12.6. The van der Waals surface area contributed by atoms with Crippen LogP contribution >= 0.6 is 11.3 Å². The molecule has 2 heterocycles. The highest BCUT2D eigenvalue weighted by molar-refractivity contribution is 7.92. The maximum Gasteiger partial charge on any atom is 0.232 e. The molecule has 0 fully saturated rings. The molecule has 0 bridgehead atoms. The van der Waals surface area contributed by atoms with Crippen LogP contribution in [0, 0.1) is 0 Å². The van der Waals surface area contributed by atoms with Gasteiger partial charge in [-0.3, -0.25) is 19.4 Å². The average molecular weight is 403 g/mol. The summed E-state index contributed by atoms with van der Waals surface area (Å²) in [6.07, 6.45) is 4.61. The Hall–Kier alpha value is -2.78. The van der Waals surface area contributed by atoms with Crippen LogP contribution in [0.25, 0.3) is 11.3 Å². The van der Waals surface area contributed by atoms with Gasteiger partial charge < -0.3 is 0 Å². The molecule has 7 nitrogen and oxygen atoms in total. The highest BCUT2D eigenvalue weighted by atomic mass is 32.2. The number of anilines is 2. The third kappa shape index (κ3) is 5.11. The number of nitrogens with one attached hydrogen (secondary N) is 1. The normalized spacial score (nSPS) is 11.2. The molecule has 3 rings (SSSR count). The zero-order chi connectivity index (χ0) is 19.4. The molecule has 1 amide bonds. The van der Waals surface area contributed by atoms with Gasteiger partial charge in [0.25, 0.3) is 0 Å². The molecule has 3 aromatic rings. The summed E-state index contributed by atoms with van der Waals surface area (Å²) in [6.45, 7) is 0. The van der Waals surface area contributed by atoms with E-state index in [0.717, 1.165) is 17.5 Å². The van der Waals surface area contributed by atoms with Crippen LogP contribution in [0.4, 0.5) is 10.8 Å². The second kappa shape index (κ2) is 7.85. The van der Waals surface area contributed by atoms with Gasteiger partial charge in [-0.1, -0.05) is 12.1 Å². The second-order valence-electron chi connectivity index (χ2n) is 5.96. The van der Waals surface area contributed by atoms with E-state index in [-0.39, 0.29) is 12.3 Å². The smallest absolute Gasteiger partial charge is 0.232 e. The van der Waals surface area contributed by atoms with Crippen molar-refractivity contribution in [1.82, 2.24) is 9.97 Å². The highest BCUT2D eigenvalue weighted by Gasteiger charge is 2.16. The standard InChI is InChI=1S/C18H18N4O3S2/c1-22(18-20-16(12-26-18)14-6-8-19-9-7-14)17(23)11-13-4-3-5-15(10-13)21-27(2,24)25/h3-10,12,21H,11H2,1-2H3. The Bertz CT molecular complexity index is 1050. The van der Waals surface area contributed by atoms with Gasteiger partial charge in [-0.25, -0.2) is 13.4 Å². The average Bonchev–Trinajstić information content (AvgIpc) is 3.10. The quantitative estimate of drug-likeness (QED) is 0.684. The van der Waals surface area contributed by atoms with E-state index in [2.05, 4.69) is 14.7 Å². The molecular weight excluding hydrogens is 384 g/mol. The predicted octanol–water partition coefficient (Wildman–Crippen LogP) is 2.78. The van der Waals surface area contributed by atoms with Crippen molar-refractivity contribution in [1.29, 1.82) is 0 Å². The molecule has 0 radical (unpaired) electrons. The van der Waals surface area contributed by atoms with Crippen molar-refractivity contribution >= 4 is 38.1 Å². The SMILES string of the molecule is CN(C(=O)Cc1cccc(NS(C)(=O)=O)c1)c1nc(-c2ccncc2)cs1. The van der Waals surface area contributed by atoms with Crippen molar-refractivity contribution in [2.45, 2.75) is 6.42 Å². The Balaban J connectivity index is 1.71. The van der Waals surface area contributed by atoms with E-state index in [9.17, 15) is 13.2 Å². The van der Waals surface area contributed by atoms with Crippen LogP contribution in [-0.4, -0.2) is 37.6 Å². The molecule has 0 aliphatic rings. The van der Waals surface area contributed by atoms with Gasteiger partial charge >= 0.3 is 0 Å². The van der Waals surface area contributed by atoms with Gasteiger partial charge in [0.1, 0.15) is 0 Å². The molecule has 140 valence electrons. The van der Waals surface area contributed by atoms with Crippen LogP contribution in [0.2, 0.25) is 0 Å². The molecule has 0 saturated carbocycles. The van der Waals surface area contributed by atoms with Crippen LogP contribution in [0.15, 0.2) is 54.2 Å². The number of pyridine rings is 1. The van der Waals surface area contributed by atoms with E-state index < -0.39 is 10.0 Å². The lowest BCUT2D eigenvalue weighted by molar-refractivity contribution is -0.117. The largest absolute Gasteiger partial charge is 0.291 e. The molecule has 0 aliphatic heterocycles. The monoisotopic (exact) mass is 402 g/mol. The Kier molecular flexibility index (Phi) is 5.52. The van der Waals surface area contributed by atoms with Gasteiger partial charge in [-0.15, -0.1) is 11.3 Å². The van der Waals surface area contributed by atoms with E-state index in [1.54, 1.807) is 43.7 Å². The van der Waals surface area contributed by atoms with Gasteiger partial charge in [-0.2, -0.15) is 0 Å². The Morgan fingerprint density at radius 3 is 2.67 bits per heavy atom. The Labute approximate surface area is 161 Å². The summed E-state index contributed by atoms with van der Waals surface area (Å²) in [5, 5.41) is 2.49. The molecular formula is C18H18N4O3S2. The first kappa shape index (κ1) is 19.0. The van der Waals surface area contributed by atoms with E-state index in [1.807, 2.05) is 17.5 Å². The number of carbonyl (C=O) groups is 1. The number of hydrogen-bond acceptors (Lipinski definition) is 6. The number of carbonyl (C=O) groups excluding carboxylic acids is 1. The van der Waals surface area contributed by atoms with Crippen molar-refractivity contribution in [3.05, 3.63) is 59.7 Å². The number of sulfonamides is 1.